The molecule has 0 aliphatic carbocycles. The van der Waals surface area contributed by atoms with Gasteiger partial charge in [0, 0.05) is 6.04 Å². The Morgan fingerprint density at radius 3 is 2.33 bits per heavy atom. The molecule has 0 amide bonds. The van der Waals surface area contributed by atoms with Gasteiger partial charge in [0.15, 0.2) is 0 Å². The lowest BCUT2D eigenvalue weighted by molar-refractivity contribution is -0.139. The number of carboxylic acid groups (broad SMARTS) is 1. The van der Waals surface area contributed by atoms with E-state index in [1.165, 1.54) is 0 Å². The maximum absolute atomic E-state index is 10.4. The molecule has 4 heteroatoms. The summed E-state index contributed by atoms with van der Waals surface area (Å²) in [6.07, 6.45) is 1.44. The van der Waals surface area contributed by atoms with Gasteiger partial charge in [-0.25, -0.2) is 0 Å². The van der Waals surface area contributed by atoms with E-state index in [4.69, 9.17) is 10.8 Å². The Morgan fingerprint density at radius 2 is 2.08 bits per heavy atom. The van der Waals surface area contributed by atoms with Crippen LogP contribution in [0, 0.1) is 0 Å². The van der Waals surface area contributed by atoms with Crippen molar-refractivity contribution in [1.82, 2.24) is 4.90 Å². The van der Waals surface area contributed by atoms with Crippen molar-refractivity contribution in [1.29, 1.82) is 0 Å². The Morgan fingerprint density at radius 1 is 1.58 bits per heavy atom. The number of aliphatic carboxylic acids is 1. The van der Waals surface area contributed by atoms with Crippen LogP contribution in [0.15, 0.2) is 0 Å². The smallest absolute Gasteiger partial charge is 0.320 e. The van der Waals surface area contributed by atoms with Gasteiger partial charge in [-0.3, -0.25) is 4.79 Å². The highest BCUT2D eigenvalue weighted by atomic mass is 16.4. The van der Waals surface area contributed by atoms with E-state index in [2.05, 4.69) is 0 Å². The van der Waals surface area contributed by atoms with Gasteiger partial charge >= 0.3 is 5.97 Å². The second-order valence-corrected chi connectivity index (χ2v) is 3.21. The lowest BCUT2D eigenvalue weighted by Gasteiger charge is -2.24. The van der Waals surface area contributed by atoms with Crippen LogP contribution in [-0.4, -0.2) is 42.2 Å². The van der Waals surface area contributed by atoms with E-state index in [-0.39, 0.29) is 6.04 Å². The summed E-state index contributed by atoms with van der Waals surface area (Å²) < 4.78 is 0. The highest BCUT2D eigenvalue weighted by Gasteiger charge is 2.18. The van der Waals surface area contributed by atoms with Gasteiger partial charge in [-0.05, 0) is 26.9 Å². The average molecular weight is 174 g/mol. The molecule has 0 saturated carbocycles. The summed E-state index contributed by atoms with van der Waals surface area (Å²) in [4.78, 5) is 12.4. The maximum Gasteiger partial charge on any atom is 0.320 e. The number of nitrogens with two attached hydrogens (primary N) is 1. The molecule has 0 saturated heterocycles. The first-order chi connectivity index (χ1) is 5.49. The summed E-state index contributed by atoms with van der Waals surface area (Å²) in [6.45, 7) is 2.03. The molecule has 3 N–H and O–H groups in total. The van der Waals surface area contributed by atoms with Crippen LogP contribution in [0.1, 0.15) is 19.8 Å². The molecule has 0 spiro atoms. The van der Waals surface area contributed by atoms with Crippen LogP contribution in [0.4, 0.5) is 0 Å². The average Bonchev–Trinajstić information content (AvgIpc) is 1.98. The molecule has 0 fully saturated rings. The van der Waals surface area contributed by atoms with Crippen LogP contribution in [-0.2, 0) is 4.79 Å². The number of hydrogen-bond donors (Lipinski definition) is 2. The normalized spacial score (nSPS) is 16.1. The van der Waals surface area contributed by atoms with E-state index in [1.54, 1.807) is 0 Å². The summed E-state index contributed by atoms with van der Waals surface area (Å²) in [7, 11) is 3.87. The zero-order valence-electron chi connectivity index (χ0n) is 7.95. The Balaban J connectivity index is 3.93. The molecule has 4 nitrogen and oxygen atoms in total. The van der Waals surface area contributed by atoms with Crippen molar-refractivity contribution in [3.05, 3.63) is 0 Å². The fraction of sp³-hybridized carbons (Fsp3) is 0.875. The monoisotopic (exact) mass is 174 g/mol. The predicted molar refractivity (Wildman–Crippen MR) is 48.0 cm³/mol. The molecule has 0 rings (SSSR count). The van der Waals surface area contributed by atoms with Crippen LogP contribution < -0.4 is 5.73 Å². The first kappa shape index (κ1) is 11.4. The Labute approximate surface area is 73.3 Å². The van der Waals surface area contributed by atoms with Gasteiger partial charge in [0.05, 0.1) is 0 Å². The number of hydrogen-bond acceptors (Lipinski definition) is 3. The van der Waals surface area contributed by atoms with E-state index in [9.17, 15) is 4.79 Å². The number of nitrogens with zero attached hydrogens (tertiary/aromatic N) is 1. The lowest BCUT2D eigenvalue weighted by atomic mass is 10.1. The molecule has 0 aromatic rings. The summed E-state index contributed by atoms with van der Waals surface area (Å²) in [5.74, 6) is -0.921. The molecule has 0 aliphatic rings. The van der Waals surface area contributed by atoms with Crippen molar-refractivity contribution in [2.24, 2.45) is 5.73 Å². The zero-order valence-corrected chi connectivity index (χ0v) is 7.95. The Hall–Kier alpha value is -0.610. The summed E-state index contributed by atoms with van der Waals surface area (Å²) in [6, 6.07) is -0.478. The number of carboxylic acids is 1. The van der Waals surface area contributed by atoms with Gasteiger partial charge in [-0.2, -0.15) is 0 Å². The summed E-state index contributed by atoms with van der Waals surface area (Å²) in [5.41, 5.74) is 5.40. The van der Waals surface area contributed by atoms with Crippen molar-refractivity contribution in [2.45, 2.75) is 31.8 Å². The molecule has 2 unspecified atom stereocenters. The van der Waals surface area contributed by atoms with Crippen LogP contribution in [0.2, 0.25) is 0 Å². The molecule has 0 aliphatic heterocycles. The molecular weight excluding hydrogens is 156 g/mol. The minimum absolute atomic E-state index is 0.260. The summed E-state index contributed by atoms with van der Waals surface area (Å²) in [5, 5.41) is 8.56. The van der Waals surface area contributed by atoms with E-state index >= 15 is 0 Å². The molecule has 0 aromatic carbocycles. The van der Waals surface area contributed by atoms with E-state index in [1.807, 2.05) is 25.9 Å². The molecule has 12 heavy (non-hydrogen) atoms. The second-order valence-electron chi connectivity index (χ2n) is 3.21. The van der Waals surface area contributed by atoms with Crippen LogP contribution in [0.25, 0.3) is 0 Å². The van der Waals surface area contributed by atoms with Crippen molar-refractivity contribution in [3.8, 4) is 0 Å². The first-order valence-electron chi connectivity index (χ1n) is 4.13. The largest absolute Gasteiger partial charge is 0.480 e. The highest BCUT2D eigenvalue weighted by molar-refractivity contribution is 5.73. The molecule has 0 aromatic heterocycles. The molecule has 72 valence electrons. The van der Waals surface area contributed by atoms with Crippen molar-refractivity contribution in [2.75, 3.05) is 14.1 Å². The van der Waals surface area contributed by atoms with Gasteiger partial charge < -0.3 is 15.7 Å². The van der Waals surface area contributed by atoms with Crippen LogP contribution >= 0.6 is 0 Å². The van der Waals surface area contributed by atoms with Crippen LogP contribution in [0.3, 0.4) is 0 Å². The molecule has 0 bridgehead atoms. The van der Waals surface area contributed by atoms with Gasteiger partial charge in [0.1, 0.15) is 6.04 Å². The van der Waals surface area contributed by atoms with Gasteiger partial charge in [0.2, 0.25) is 0 Å². The Bertz CT molecular complexity index is 148. The van der Waals surface area contributed by atoms with Gasteiger partial charge in [0.25, 0.3) is 0 Å². The third-order valence-corrected chi connectivity index (χ3v) is 2.04. The number of rotatable bonds is 5. The van der Waals surface area contributed by atoms with E-state index in [0.29, 0.717) is 6.42 Å². The van der Waals surface area contributed by atoms with Gasteiger partial charge in [-0.15, -0.1) is 0 Å². The minimum Gasteiger partial charge on any atom is -0.480 e. The van der Waals surface area contributed by atoms with Gasteiger partial charge in [-0.1, -0.05) is 6.92 Å². The van der Waals surface area contributed by atoms with Crippen LogP contribution in [0.5, 0.6) is 0 Å². The quantitative estimate of drug-likeness (QED) is 0.621. The molecule has 0 radical (unpaired) electrons. The Kier molecular flexibility index (Phi) is 4.85. The minimum atomic E-state index is -0.921. The molecular formula is C8H18N2O2. The maximum atomic E-state index is 10.4. The molecule has 0 heterocycles. The number of carbonyl (C=O) groups is 1. The van der Waals surface area contributed by atoms with Crippen molar-refractivity contribution < 1.29 is 9.90 Å². The standard InChI is InChI=1S/C8H18N2O2/c1-4-6(10(2)3)5-7(9)8(11)12/h6-7H,4-5,9H2,1-3H3,(H,11,12). The zero-order chi connectivity index (χ0) is 9.72. The van der Waals surface area contributed by atoms with E-state index < -0.39 is 12.0 Å². The SMILES string of the molecule is CCC(CC(N)C(=O)O)N(C)C. The highest BCUT2D eigenvalue weighted by Crippen LogP contribution is 2.06. The third-order valence-electron chi connectivity index (χ3n) is 2.04. The first-order valence-corrected chi connectivity index (χ1v) is 4.13. The fourth-order valence-electron chi connectivity index (χ4n) is 1.14. The van der Waals surface area contributed by atoms with Crippen molar-refractivity contribution in [3.63, 3.8) is 0 Å². The van der Waals surface area contributed by atoms with E-state index in [0.717, 1.165) is 6.42 Å². The predicted octanol–water partition coefficient (Wildman–Crippen LogP) is 0.129. The van der Waals surface area contributed by atoms with Crippen molar-refractivity contribution >= 4 is 5.97 Å². The second kappa shape index (κ2) is 5.11. The summed E-state index contributed by atoms with van der Waals surface area (Å²) >= 11 is 0. The molecule has 2 atom stereocenters. The fourth-order valence-corrected chi connectivity index (χ4v) is 1.14. The topological polar surface area (TPSA) is 66.6 Å². The third kappa shape index (κ3) is 3.69. The lowest BCUT2D eigenvalue weighted by Crippen LogP contribution is -2.39.